The lowest BCUT2D eigenvalue weighted by atomic mass is 10.0. The summed E-state index contributed by atoms with van der Waals surface area (Å²) in [4.78, 5) is 18.5. The van der Waals surface area contributed by atoms with Crippen molar-refractivity contribution in [3.05, 3.63) is 122 Å². The minimum Gasteiger partial charge on any atom is -0.456 e. The van der Waals surface area contributed by atoms with E-state index in [2.05, 4.69) is 58.5 Å². The summed E-state index contributed by atoms with van der Waals surface area (Å²) < 4.78 is 6.03. The Morgan fingerprint density at radius 3 is 1.86 bits per heavy atom. The van der Waals surface area contributed by atoms with Crippen LogP contribution < -0.4 is 0 Å². The molecule has 0 bridgehead atoms. The average molecular weight is 477 g/mol. The Hall–Kier alpha value is -5.16. The highest BCUT2D eigenvalue weighted by Crippen LogP contribution is 2.34. The van der Waals surface area contributed by atoms with Gasteiger partial charge in [0, 0.05) is 52.3 Å². The first-order valence-electron chi connectivity index (χ1n) is 12.0. The van der Waals surface area contributed by atoms with Crippen LogP contribution >= 0.6 is 0 Å². The molecular formula is C32H20N4O. The Morgan fingerprint density at radius 1 is 0.459 bits per heavy atom. The van der Waals surface area contributed by atoms with E-state index in [1.165, 1.54) is 0 Å². The molecule has 5 heteroatoms. The number of pyridine rings is 2. The number of rotatable bonds is 4. The Kier molecular flexibility index (Phi) is 5.03. The van der Waals surface area contributed by atoms with Crippen molar-refractivity contribution >= 4 is 21.9 Å². The molecule has 37 heavy (non-hydrogen) atoms. The predicted molar refractivity (Wildman–Crippen MR) is 147 cm³/mol. The van der Waals surface area contributed by atoms with Crippen molar-refractivity contribution in [3.8, 4) is 45.0 Å². The first-order chi connectivity index (χ1) is 18.3. The number of benzene rings is 3. The SMILES string of the molecule is c1cncc(-c2ccc(-c3nc(-c4cccnc4)cc(-c4ccc5oc6ccccc6c5c4)n3)cc2)c1. The summed E-state index contributed by atoms with van der Waals surface area (Å²) >= 11 is 0. The maximum absolute atomic E-state index is 6.03. The van der Waals surface area contributed by atoms with Gasteiger partial charge in [0.25, 0.3) is 0 Å². The van der Waals surface area contributed by atoms with E-state index >= 15 is 0 Å². The van der Waals surface area contributed by atoms with Crippen LogP contribution in [0.5, 0.6) is 0 Å². The Bertz CT molecular complexity index is 1860. The van der Waals surface area contributed by atoms with Crippen LogP contribution in [0.4, 0.5) is 0 Å². The summed E-state index contributed by atoms with van der Waals surface area (Å²) in [6.07, 6.45) is 7.24. The number of para-hydroxylation sites is 1. The van der Waals surface area contributed by atoms with Crippen molar-refractivity contribution in [1.29, 1.82) is 0 Å². The highest BCUT2D eigenvalue weighted by atomic mass is 16.3. The molecule has 0 saturated carbocycles. The van der Waals surface area contributed by atoms with Gasteiger partial charge < -0.3 is 4.42 Å². The molecule has 0 atom stereocenters. The molecule has 0 aliphatic carbocycles. The molecule has 0 saturated heterocycles. The fourth-order valence-corrected chi connectivity index (χ4v) is 4.62. The third-order valence-corrected chi connectivity index (χ3v) is 6.49. The van der Waals surface area contributed by atoms with Crippen LogP contribution in [-0.2, 0) is 0 Å². The maximum atomic E-state index is 6.03. The summed E-state index contributed by atoms with van der Waals surface area (Å²) in [5, 5.41) is 2.16. The Morgan fingerprint density at radius 2 is 1.11 bits per heavy atom. The summed E-state index contributed by atoms with van der Waals surface area (Å²) in [5.74, 6) is 0.659. The lowest BCUT2D eigenvalue weighted by Gasteiger charge is -2.10. The minimum atomic E-state index is 0.659. The Balaban J connectivity index is 1.37. The molecule has 0 radical (unpaired) electrons. The van der Waals surface area contributed by atoms with Crippen LogP contribution in [-0.4, -0.2) is 19.9 Å². The van der Waals surface area contributed by atoms with Crippen LogP contribution in [0.3, 0.4) is 0 Å². The molecule has 0 aliphatic heterocycles. The first kappa shape index (κ1) is 21.1. The standard InChI is InChI=1S/C32H20N4O/c1-2-8-30-26(7-1)27-17-23(13-14-31(27)37-30)28-18-29(25-6-4-16-34-20-25)36-32(35-28)22-11-9-21(10-12-22)24-5-3-15-33-19-24/h1-20H. The van der Waals surface area contributed by atoms with Gasteiger partial charge in [0.2, 0.25) is 0 Å². The number of furan rings is 1. The number of aromatic nitrogens is 4. The predicted octanol–water partition coefficient (Wildman–Crippen LogP) is 7.83. The molecule has 4 heterocycles. The largest absolute Gasteiger partial charge is 0.456 e. The third-order valence-electron chi connectivity index (χ3n) is 6.49. The number of nitrogens with zero attached hydrogens (tertiary/aromatic N) is 4. The molecule has 3 aromatic carbocycles. The highest BCUT2D eigenvalue weighted by Gasteiger charge is 2.13. The van der Waals surface area contributed by atoms with E-state index in [1.54, 1.807) is 12.4 Å². The van der Waals surface area contributed by atoms with E-state index in [9.17, 15) is 0 Å². The van der Waals surface area contributed by atoms with Crippen LogP contribution in [0.1, 0.15) is 0 Å². The maximum Gasteiger partial charge on any atom is 0.160 e. The first-order valence-corrected chi connectivity index (χ1v) is 12.0. The number of fused-ring (bicyclic) bond motifs is 3. The summed E-state index contributed by atoms with van der Waals surface area (Å²) in [7, 11) is 0. The van der Waals surface area contributed by atoms with Gasteiger partial charge in [-0.2, -0.15) is 0 Å². The zero-order valence-electron chi connectivity index (χ0n) is 19.7. The molecule has 0 aliphatic rings. The van der Waals surface area contributed by atoms with E-state index in [0.717, 1.165) is 61.1 Å². The lowest BCUT2D eigenvalue weighted by Crippen LogP contribution is -1.96. The number of hydrogen-bond donors (Lipinski definition) is 0. The molecule has 5 nitrogen and oxygen atoms in total. The topological polar surface area (TPSA) is 64.7 Å². The number of hydrogen-bond acceptors (Lipinski definition) is 5. The third kappa shape index (κ3) is 3.93. The summed E-state index contributed by atoms with van der Waals surface area (Å²) in [6.45, 7) is 0. The van der Waals surface area contributed by atoms with Crippen molar-refractivity contribution < 1.29 is 4.42 Å². The van der Waals surface area contributed by atoms with Crippen LogP contribution in [0.25, 0.3) is 67.0 Å². The van der Waals surface area contributed by atoms with Crippen molar-refractivity contribution in [3.63, 3.8) is 0 Å². The quantitative estimate of drug-likeness (QED) is 0.259. The second kappa shape index (κ2) is 8.81. The summed E-state index contributed by atoms with van der Waals surface area (Å²) in [5.41, 5.74) is 8.44. The second-order valence-corrected chi connectivity index (χ2v) is 8.83. The van der Waals surface area contributed by atoms with Crippen molar-refractivity contribution in [2.24, 2.45) is 0 Å². The van der Waals surface area contributed by atoms with Crippen LogP contribution in [0.2, 0.25) is 0 Å². The molecule has 4 aromatic heterocycles. The summed E-state index contributed by atoms with van der Waals surface area (Å²) in [6, 6.07) is 32.5. The van der Waals surface area contributed by atoms with Gasteiger partial charge in [0.15, 0.2) is 5.82 Å². The minimum absolute atomic E-state index is 0.659. The molecule has 174 valence electrons. The van der Waals surface area contributed by atoms with Gasteiger partial charge in [0.1, 0.15) is 11.2 Å². The van der Waals surface area contributed by atoms with Crippen molar-refractivity contribution in [2.75, 3.05) is 0 Å². The van der Waals surface area contributed by atoms with Crippen molar-refractivity contribution in [2.45, 2.75) is 0 Å². The van der Waals surface area contributed by atoms with Gasteiger partial charge in [0.05, 0.1) is 11.4 Å². The van der Waals surface area contributed by atoms with E-state index in [4.69, 9.17) is 14.4 Å². The second-order valence-electron chi connectivity index (χ2n) is 8.83. The smallest absolute Gasteiger partial charge is 0.160 e. The normalized spacial score (nSPS) is 11.2. The fraction of sp³-hybridized carbons (Fsp3) is 0. The van der Waals surface area contributed by atoms with Crippen LogP contribution in [0.15, 0.2) is 126 Å². The fourth-order valence-electron chi connectivity index (χ4n) is 4.62. The Labute approximate surface area is 213 Å². The van der Waals surface area contributed by atoms with Gasteiger partial charge >= 0.3 is 0 Å². The highest BCUT2D eigenvalue weighted by molar-refractivity contribution is 6.06. The zero-order chi connectivity index (χ0) is 24.6. The van der Waals surface area contributed by atoms with Gasteiger partial charge in [-0.3, -0.25) is 9.97 Å². The molecule has 7 aromatic rings. The molecule has 0 fully saturated rings. The van der Waals surface area contributed by atoms with E-state index < -0.39 is 0 Å². The van der Waals surface area contributed by atoms with E-state index in [0.29, 0.717) is 5.82 Å². The lowest BCUT2D eigenvalue weighted by molar-refractivity contribution is 0.669. The van der Waals surface area contributed by atoms with Gasteiger partial charge in [-0.25, -0.2) is 9.97 Å². The van der Waals surface area contributed by atoms with Gasteiger partial charge in [-0.05, 0) is 59.7 Å². The monoisotopic (exact) mass is 476 g/mol. The van der Waals surface area contributed by atoms with Crippen LogP contribution in [0, 0.1) is 0 Å². The molecule has 0 N–H and O–H groups in total. The van der Waals surface area contributed by atoms with Crippen molar-refractivity contribution in [1.82, 2.24) is 19.9 Å². The zero-order valence-corrected chi connectivity index (χ0v) is 19.7. The molecular weight excluding hydrogens is 456 g/mol. The van der Waals surface area contributed by atoms with E-state index in [-0.39, 0.29) is 0 Å². The molecule has 7 rings (SSSR count). The molecule has 0 unspecified atom stereocenters. The van der Waals surface area contributed by atoms with Gasteiger partial charge in [-0.15, -0.1) is 0 Å². The van der Waals surface area contributed by atoms with E-state index in [1.807, 2.05) is 60.9 Å². The van der Waals surface area contributed by atoms with Gasteiger partial charge in [-0.1, -0.05) is 48.5 Å². The molecule has 0 spiro atoms. The average Bonchev–Trinajstić information content (AvgIpc) is 3.36. The molecule has 0 amide bonds.